The highest BCUT2D eigenvalue weighted by Crippen LogP contribution is 2.49. The molecule has 2 atom stereocenters. The van der Waals surface area contributed by atoms with Crippen molar-refractivity contribution in [2.24, 2.45) is 5.92 Å². The third-order valence-electron chi connectivity index (χ3n) is 4.04. The van der Waals surface area contributed by atoms with Crippen molar-refractivity contribution >= 4 is 0 Å². The van der Waals surface area contributed by atoms with Crippen LogP contribution in [0.15, 0.2) is 12.1 Å². The molecule has 1 unspecified atom stereocenters. The summed E-state index contributed by atoms with van der Waals surface area (Å²) in [6.07, 6.45) is -5.91. The van der Waals surface area contributed by atoms with Gasteiger partial charge in [0.1, 0.15) is 5.82 Å². The Kier molecular flexibility index (Phi) is 4.73. The fraction of sp³-hybridized carbons (Fsp3) is 0.600. The molecule has 0 radical (unpaired) electrons. The standard InChI is InChI=1S/C15H16F6O2/c1-8-7-14(17,18)6-5-9(8)12-10(16)3-4-11(13(12)22-2)23-15(19,20)21/h3-4,8-9H,5-7H2,1-2H3/t8?,9-/m1/s1. The zero-order valence-electron chi connectivity index (χ0n) is 12.5. The molecule has 1 aliphatic carbocycles. The number of hydrogen-bond donors (Lipinski definition) is 0. The van der Waals surface area contributed by atoms with E-state index in [2.05, 4.69) is 4.74 Å². The van der Waals surface area contributed by atoms with Crippen LogP contribution in [-0.4, -0.2) is 19.4 Å². The Bertz CT molecular complexity index is 570. The van der Waals surface area contributed by atoms with E-state index in [-0.39, 0.29) is 12.0 Å². The van der Waals surface area contributed by atoms with Crippen molar-refractivity contribution in [3.8, 4) is 11.5 Å². The van der Waals surface area contributed by atoms with Crippen LogP contribution in [-0.2, 0) is 0 Å². The van der Waals surface area contributed by atoms with Gasteiger partial charge in [0.05, 0.1) is 7.11 Å². The van der Waals surface area contributed by atoms with E-state index < -0.39 is 54.3 Å². The molecule has 2 rings (SSSR count). The van der Waals surface area contributed by atoms with Crippen LogP contribution in [0.3, 0.4) is 0 Å². The quantitative estimate of drug-likeness (QED) is 0.697. The van der Waals surface area contributed by atoms with E-state index in [9.17, 15) is 26.3 Å². The van der Waals surface area contributed by atoms with Gasteiger partial charge in [0.25, 0.3) is 0 Å². The number of ether oxygens (including phenoxy) is 2. The average Bonchev–Trinajstić information content (AvgIpc) is 2.39. The smallest absolute Gasteiger partial charge is 0.492 e. The van der Waals surface area contributed by atoms with Gasteiger partial charge in [0.15, 0.2) is 11.5 Å². The molecule has 0 spiro atoms. The summed E-state index contributed by atoms with van der Waals surface area (Å²) in [6, 6.07) is 1.64. The highest BCUT2D eigenvalue weighted by Gasteiger charge is 2.42. The van der Waals surface area contributed by atoms with Crippen LogP contribution in [0.25, 0.3) is 0 Å². The highest BCUT2D eigenvalue weighted by molar-refractivity contribution is 5.49. The number of methoxy groups -OCH3 is 1. The van der Waals surface area contributed by atoms with Gasteiger partial charge in [-0.3, -0.25) is 0 Å². The van der Waals surface area contributed by atoms with Crippen LogP contribution in [0.1, 0.15) is 37.7 Å². The summed E-state index contributed by atoms with van der Waals surface area (Å²) >= 11 is 0. The fourth-order valence-corrected chi connectivity index (χ4v) is 3.11. The molecular weight excluding hydrogens is 326 g/mol. The molecule has 1 aliphatic rings. The molecule has 130 valence electrons. The molecule has 0 N–H and O–H groups in total. The minimum Gasteiger partial charge on any atom is -0.492 e. The lowest BCUT2D eigenvalue weighted by Gasteiger charge is -2.35. The molecule has 2 nitrogen and oxygen atoms in total. The maximum absolute atomic E-state index is 14.2. The lowest BCUT2D eigenvalue weighted by molar-refractivity contribution is -0.275. The average molecular weight is 342 g/mol. The SMILES string of the molecule is COc1c(OC(F)(F)F)ccc(F)c1[C@@H]1CCC(F)(F)CC1C. The van der Waals surface area contributed by atoms with Crippen molar-refractivity contribution in [2.75, 3.05) is 7.11 Å². The minimum absolute atomic E-state index is 0.0447. The van der Waals surface area contributed by atoms with E-state index >= 15 is 0 Å². The maximum Gasteiger partial charge on any atom is 0.573 e. The van der Waals surface area contributed by atoms with Crippen molar-refractivity contribution < 1.29 is 35.8 Å². The van der Waals surface area contributed by atoms with E-state index in [0.29, 0.717) is 0 Å². The van der Waals surface area contributed by atoms with E-state index in [0.717, 1.165) is 19.2 Å². The molecule has 0 saturated heterocycles. The summed E-state index contributed by atoms with van der Waals surface area (Å²) in [4.78, 5) is 0. The van der Waals surface area contributed by atoms with Crippen molar-refractivity contribution in [1.29, 1.82) is 0 Å². The topological polar surface area (TPSA) is 18.5 Å². The second-order valence-electron chi connectivity index (χ2n) is 5.72. The van der Waals surface area contributed by atoms with Gasteiger partial charge < -0.3 is 9.47 Å². The van der Waals surface area contributed by atoms with Crippen molar-refractivity contribution in [1.82, 2.24) is 0 Å². The van der Waals surface area contributed by atoms with Gasteiger partial charge in [0.2, 0.25) is 5.92 Å². The van der Waals surface area contributed by atoms with Crippen LogP contribution in [0.4, 0.5) is 26.3 Å². The maximum atomic E-state index is 14.2. The monoisotopic (exact) mass is 342 g/mol. The van der Waals surface area contributed by atoms with Gasteiger partial charge in [-0.2, -0.15) is 0 Å². The van der Waals surface area contributed by atoms with E-state index in [1.54, 1.807) is 0 Å². The molecule has 1 saturated carbocycles. The molecule has 1 aromatic rings. The Morgan fingerprint density at radius 1 is 1.22 bits per heavy atom. The Morgan fingerprint density at radius 3 is 2.39 bits per heavy atom. The van der Waals surface area contributed by atoms with Crippen LogP contribution in [0, 0.1) is 11.7 Å². The van der Waals surface area contributed by atoms with Gasteiger partial charge in [-0.05, 0) is 30.4 Å². The molecule has 0 amide bonds. The second-order valence-corrected chi connectivity index (χ2v) is 5.72. The first-order valence-electron chi connectivity index (χ1n) is 7.04. The third kappa shape index (κ3) is 4.03. The summed E-state index contributed by atoms with van der Waals surface area (Å²) in [5.74, 6) is -5.99. The summed E-state index contributed by atoms with van der Waals surface area (Å²) in [5, 5.41) is 0. The van der Waals surface area contributed by atoms with E-state index in [4.69, 9.17) is 4.74 Å². The first-order chi connectivity index (χ1) is 10.5. The Labute approximate surface area is 129 Å². The number of hydrogen-bond acceptors (Lipinski definition) is 2. The molecule has 1 aromatic carbocycles. The minimum atomic E-state index is -4.96. The Hall–Kier alpha value is -1.60. The third-order valence-corrected chi connectivity index (χ3v) is 4.04. The lowest BCUT2D eigenvalue weighted by atomic mass is 9.74. The van der Waals surface area contributed by atoms with Gasteiger partial charge in [-0.1, -0.05) is 6.92 Å². The molecule has 0 heterocycles. The highest BCUT2D eigenvalue weighted by atomic mass is 19.4. The van der Waals surface area contributed by atoms with E-state index in [1.807, 2.05) is 0 Å². The Morgan fingerprint density at radius 2 is 1.87 bits per heavy atom. The largest absolute Gasteiger partial charge is 0.573 e. The molecule has 1 fully saturated rings. The summed E-state index contributed by atoms with van der Waals surface area (Å²) in [6.45, 7) is 1.52. The van der Waals surface area contributed by atoms with Gasteiger partial charge >= 0.3 is 6.36 Å². The molecule has 0 bridgehead atoms. The van der Waals surface area contributed by atoms with Crippen LogP contribution >= 0.6 is 0 Å². The number of rotatable bonds is 3. The van der Waals surface area contributed by atoms with Crippen molar-refractivity contribution in [3.63, 3.8) is 0 Å². The summed E-state index contributed by atoms with van der Waals surface area (Å²) in [7, 11) is 1.09. The number of halogens is 6. The predicted octanol–water partition coefficient (Wildman–Crippen LogP) is 5.27. The molecular formula is C15H16F6O2. The first-order valence-corrected chi connectivity index (χ1v) is 7.04. The summed E-state index contributed by atoms with van der Waals surface area (Å²) < 4.78 is 87.1. The summed E-state index contributed by atoms with van der Waals surface area (Å²) in [5.41, 5.74) is -0.141. The molecule has 0 aromatic heterocycles. The van der Waals surface area contributed by atoms with Crippen molar-refractivity contribution in [3.05, 3.63) is 23.5 Å². The molecule has 23 heavy (non-hydrogen) atoms. The lowest BCUT2D eigenvalue weighted by Crippen LogP contribution is -2.30. The van der Waals surface area contributed by atoms with Gasteiger partial charge in [-0.25, -0.2) is 13.2 Å². The molecule has 0 aliphatic heterocycles. The number of alkyl halides is 5. The van der Waals surface area contributed by atoms with Crippen LogP contribution in [0.5, 0.6) is 11.5 Å². The Balaban J connectivity index is 2.43. The van der Waals surface area contributed by atoms with E-state index in [1.165, 1.54) is 6.92 Å². The van der Waals surface area contributed by atoms with Gasteiger partial charge in [0, 0.05) is 18.4 Å². The second kappa shape index (κ2) is 6.13. The van der Waals surface area contributed by atoms with Crippen LogP contribution in [0.2, 0.25) is 0 Å². The molecule has 8 heteroatoms. The van der Waals surface area contributed by atoms with Gasteiger partial charge in [-0.15, -0.1) is 13.2 Å². The zero-order chi connectivity index (χ0) is 17.4. The van der Waals surface area contributed by atoms with Crippen molar-refractivity contribution in [2.45, 2.75) is 44.4 Å². The fourth-order valence-electron chi connectivity index (χ4n) is 3.11. The zero-order valence-corrected chi connectivity index (χ0v) is 12.5. The predicted molar refractivity (Wildman–Crippen MR) is 70.3 cm³/mol. The van der Waals surface area contributed by atoms with Crippen LogP contribution < -0.4 is 9.47 Å². The first kappa shape index (κ1) is 17.7. The number of benzene rings is 1. The normalized spacial score (nSPS) is 24.3.